The van der Waals surface area contributed by atoms with Crippen molar-refractivity contribution < 1.29 is 14.3 Å². The van der Waals surface area contributed by atoms with Crippen LogP contribution in [0.1, 0.15) is 44.5 Å². The molecule has 3 aromatic rings. The number of carbonyl (C=O) groups is 2. The van der Waals surface area contributed by atoms with Crippen molar-refractivity contribution in [3.63, 3.8) is 0 Å². The van der Waals surface area contributed by atoms with Crippen molar-refractivity contribution in [2.45, 2.75) is 26.9 Å². The van der Waals surface area contributed by atoms with Gasteiger partial charge in [0.1, 0.15) is 5.56 Å². The minimum Gasteiger partial charge on any atom is -0.462 e. The second-order valence-electron chi connectivity index (χ2n) is 8.90. The van der Waals surface area contributed by atoms with E-state index in [1.54, 1.807) is 23.7 Å². The highest BCUT2D eigenvalue weighted by Crippen LogP contribution is 2.16. The van der Waals surface area contributed by atoms with Gasteiger partial charge in [-0.25, -0.2) is 9.48 Å². The van der Waals surface area contributed by atoms with Crippen molar-refractivity contribution in [1.82, 2.24) is 24.9 Å². The van der Waals surface area contributed by atoms with E-state index in [4.69, 9.17) is 4.74 Å². The van der Waals surface area contributed by atoms with E-state index < -0.39 is 0 Å². The third-order valence-corrected chi connectivity index (χ3v) is 6.33. The monoisotopic (exact) mass is 475 g/mol. The van der Waals surface area contributed by atoms with Gasteiger partial charge in [0.05, 0.1) is 24.2 Å². The zero-order valence-electron chi connectivity index (χ0n) is 20.7. The van der Waals surface area contributed by atoms with E-state index >= 15 is 0 Å². The second kappa shape index (κ2) is 11.3. The van der Waals surface area contributed by atoms with Crippen LogP contribution in [0.2, 0.25) is 0 Å². The van der Waals surface area contributed by atoms with Crippen LogP contribution in [0.15, 0.2) is 54.7 Å². The molecule has 0 bridgehead atoms. The van der Waals surface area contributed by atoms with Gasteiger partial charge >= 0.3 is 5.97 Å². The van der Waals surface area contributed by atoms with Crippen LogP contribution in [0.3, 0.4) is 0 Å². The summed E-state index contributed by atoms with van der Waals surface area (Å²) in [5.41, 5.74) is 4.81. The van der Waals surface area contributed by atoms with Crippen LogP contribution in [0, 0.1) is 6.92 Å². The largest absolute Gasteiger partial charge is 0.462 e. The van der Waals surface area contributed by atoms with E-state index in [0.717, 1.165) is 44.0 Å². The Kier molecular flexibility index (Phi) is 7.94. The summed E-state index contributed by atoms with van der Waals surface area (Å²) in [5.74, 6) is -0.523. The summed E-state index contributed by atoms with van der Waals surface area (Å²) in [6.45, 7) is 9.66. The molecular weight excluding hydrogens is 442 g/mol. The average Bonchev–Trinajstić information content (AvgIpc) is 3.26. The molecule has 4 rings (SSSR count). The highest BCUT2D eigenvalue weighted by atomic mass is 16.5. The molecule has 1 amide bonds. The maximum Gasteiger partial charge on any atom is 0.341 e. The first kappa shape index (κ1) is 24.6. The number of esters is 1. The standard InChI is InChI=1S/C27H33N5O3/c1-4-35-27(34)25-18-29-32(20(25)2)24-10-8-23(9-11-24)26(33)28-17-21-6-5-7-22(16-21)19-31-14-12-30(3)13-15-31/h5-11,16,18H,4,12-15,17,19H2,1-3H3,(H,28,33). The number of carbonyl (C=O) groups excluding carboxylic acids is 2. The van der Waals surface area contributed by atoms with Gasteiger partial charge in [0.15, 0.2) is 0 Å². The maximum absolute atomic E-state index is 12.7. The molecule has 0 radical (unpaired) electrons. The number of hydrogen-bond donors (Lipinski definition) is 1. The number of rotatable bonds is 8. The third-order valence-electron chi connectivity index (χ3n) is 6.33. The fourth-order valence-corrected chi connectivity index (χ4v) is 4.22. The minimum absolute atomic E-state index is 0.134. The first-order valence-electron chi connectivity index (χ1n) is 12.0. The van der Waals surface area contributed by atoms with Gasteiger partial charge in [-0.15, -0.1) is 0 Å². The number of hydrogen-bond acceptors (Lipinski definition) is 6. The average molecular weight is 476 g/mol. The van der Waals surface area contributed by atoms with Gasteiger partial charge in [-0.3, -0.25) is 9.69 Å². The smallest absolute Gasteiger partial charge is 0.341 e. The Hall–Kier alpha value is -3.49. The Balaban J connectivity index is 1.34. The molecule has 35 heavy (non-hydrogen) atoms. The number of nitrogens with zero attached hydrogens (tertiary/aromatic N) is 4. The molecule has 1 aliphatic rings. The van der Waals surface area contributed by atoms with E-state index in [1.165, 1.54) is 11.8 Å². The molecule has 8 heteroatoms. The number of nitrogens with one attached hydrogen (secondary N) is 1. The molecule has 0 saturated carbocycles. The minimum atomic E-state index is -0.389. The number of aromatic nitrogens is 2. The summed E-state index contributed by atoms with van der Waals surface area (Å²) < 4.78 is 6.74. The van der Waals surface area contributed by atoms with Crippen LogP contribution < -0.4 is 5.32 Å². The number of amides is 1. The highest BCUT2D eigenvalue weighted by Gasteiger charge is 2.17. The zero-order chi connectivity index (χ0) is 24.8. The predicted octanol–water partition coefficient (Wildman–Crippen LogP) is 3.03. The lowest BCUT2D eigenvalue weighted by Crippen LogP contribution is -2.43. The van der Waals surface area contributed by atoms with Crippen LogP contribution in [-0.4, -0.2) is 71.3 Å². The summed E-state index contributed by atoms with van der Waals surface area (Å²) in [5, 5.41) is 7.32. The molecule has 0 atom stereocenters. The maximum atomic E-state index is 12.7. The lowest BCUT2D eigenvalue weighted by atomic mass is 10.1. The Morgan fingerprint density at radius 2 is 1.74 bits per heavy atom. The van der Waals surface area contributed by atoms with Crippen LogP contribution in [0.5, 0.6) is 0 Å². The number of likely N-dealkylation sites (N-methyl/N-ethyl adjacent to an activating group) is 1. The molecule has 1 aromatic heterocycles. The first-order valence-corrected chi connectivity index (χ1v) is 12.0. The molecule has 1 N–H and O–H groups in total. The molecule has 184 valence electrons. The Bertz CT molecular complexity index is 1160. The van der Waals surface area contributed by atoms with Gasteiger partial charge in [-0.1, -0.05) is 24.3 Å². The fraction of sp³-hybridized carbons (Fsp3) is 0.370. The van der Waals surface area contributed by atoms with Crippen LogP contribution in [0.25, 0.3) is 5.69 Å². The molecule has 1 aliphatic heterocycles. The van der Waals surface area contributed by atoms with Gasteiger partial charge in [0, 0.05) is 44.8 Å². The van der Waals surface area contributed by atoms with Gasteiger partial charge in [0.25, 0.3) is 5.91 Å². The van der Waals surface area contributed by atoms with Crippen molar-refractivity contribution in [2.24, 2.45) is 0 Å². The molecular formula is C27H33N5O3. The number of piperazine rings is 1. The van der Waals surface area contributed by atoms with E-state index in [-0.39, 0.29) is 11.9 Å². The molecule has 2 aromatic carbocycles. The molecule has 0 aliphatic carbocycles. The first-order chi connectivity index (χ1) is 16.9. The van der Waals surface area contributed by atoms with Crippen molar-refractivity contribution in [2.75, 3.05) is 39.8 Å². The Morgan fingerprint density at radius 1 is 1.03 bits per heavy atom. The Morgan fingerprint density at radius 3 is 2.46 bits per heavy atom. The SMILES string of the molecule is CCOC(=O)c1cnn(-c2ccc(C(=O)NCc3cccc(CN4CCN(C)CC4)c3)cc2)c1C. The zero-order valence-corrected chi connectivity index (χ0v) is 20.7. The van der Waals surface area contributed by atoms with E-state index in [1.807, 2.05) is 25.1 Å². The molecule has 8 nitrogen and oxygen atoms in total. The van der Waals surface area contributed by atoms with Crippen LogP contribution in [-0.2, 0) is 17.8 Å². The predicted molar refractivity (Wildman–Crippen MR) is 135 cm³/mol. The molecule has 0 spiro atoms. The normalized spacial score (nSPS) is 14.6. The van der Waals surface area contributed by atoms with Gasteiger partial charge in [0.2, 0.25) is 0 Å². The Labute approximate surface area is 206 Å². The van der Waals surface area contributed by atoms with Gasteiger partial charge in [-0.05, 0) is 56.3 Å². The van der Waals surface area contributed by atoms with Gasteiger partial charge in [-0.2, -0.15) is 5.10 Å². The summed E-state index contributed by atoms with van der Waals surface area (Å²) >= 11 is 0. The van der Waals surface area contributed by atoms with E-state index in [2.05, 4.69) is 45.5 Å². The number of ether oxygens (including phenoxy) is 1. The molecule has 1 saturated heterocycles. The topological polar surface area (TPSA) is 79.7 Å². The third kappa shape index (κ3) is 6.15. The van der Waals surface area contributed by atoms with Crippen molar-refractivity contribution >= 4 is 11.9 Å². The lowest BCUT2D eigenvalue weighted by molar-refractivity contribution is 0.0525. The van der Waals surface area contributed by atoms with Gasteiger partial charge < -0.3 is 15.0 Å². The van der Waals surface area contributed by atoms with Crippen molar-refractivity contribution in [3.8, 4) is 5.69 Å². The van der Waals surface area contributed by atoms with Crippen LogP contribution >= 0.6 is 0 Å². The molecule has 2 heterocycles. The number of benzene rings is 2. The summed E-state index contributed by atoms with van der Waals surface area (Å²) in [4.78, 5) is 29.6. The fourth-order valence-electron chi connectivity index (χ4n) is 4.22. The summed E-state index contributed by atoms with van der Waals surface area (Å²) in [7, 11) is 2.16. The summed E-state index contributed by atoms with van der Waals surface area (Å²) in [6, 6.07) is 15.6. The molecule has 1 fully saturated rings. The quantitative estimate of drug-likeness (QED) is 0.505. The summed E-state index contributed by atoms with van der Waals surface area (Å²) in [6.07, 6.45) is 1.51. The van der Waals surface area contributed by atoms with E-state index in [9.17, 15) is 9.59 Å². The molecule has 0 unspecified atom stereocenters. The van der Waals surface area contributed by atoms with Crippen molar-refractivity contribution in [3.05, 3.63) is 82.7 Å². The highest BCUT2D eigenvalue weighted by molar-refractivity contribution is 5.94. The second-order valence-corrected chi connectivity index (χ2v) is 8.90. The van der Waals surface area contributed by atoms with E-state index in [0.29, 0.717) is 30.0 Å². The lowest BCUT2D eigenvalue weighted by Gasteiger charge is -2.32. The van der Waals surface area contributed by atoms with Crippen LogP contribution in [0.4, 0.5) is 0 Å². The van der Waals surface area contributed by atoms with Crippen molar-refractivity contribution in [1.29, 1.82) is 0 Å².